The van der Waals surface area contributed by atoms with E-state index in [9.17, 15) is 4.39 Å². The number of aromatic nitrogens is 3. The molecule has 11 rings (SSSR count). The third kappa shape index (κ3) is 5.79. The molecular formula is C55H50FN3SSi+2. The number of allylic oxidation sites excluding steroid dienone is 1. The van der Waals surface area contributed by atoms with Gasteiger partial charge in [0.1, 0.15) is 17.5 Å². The van der Waals surface area contributed by atoms with E-state index in [0.717, 1.165) is 23.2 Å². The molecule has 0 aliphatic carbocycles. The summed E-state index contributed by atoms with van der Waals surface area (Å²) < 4.78 is 24.6. The third-order valence-electron chi connectivity index (χ3n) is 13.4. The second-order valence-electron chi connectivity index (χ2n) is 19.1. The first kappa shape index (κ1) is 38.0. The predicted molar refractivity (Wildman–Crippen MR) is 256 cm³/mol. The van der Waals surface area contributed by atoms with Crippen molar-refractivity contribution in [2.75, 3.05) is 0 Å². The van der Waals surface area contributed by atoms with Crippen molar-refractivity contribution in [3.63, 3.8) is 0 Å². The average Bonchev–Trinajstić information content (AvgIpc) is 3.91. The van der Waals surface area contributed by atoms with Crippen molar-refractivity contribution in [1.29, 1.82) is 0 Å². The number of rotatable bonds is 6. The zero-order valence-corrected chi connectivity index (χ0v) is 37.5. The zero-order valence-electron chi connectivity index (χ0n) is 35.7. The minimum absolute atomic E-state index is 0.0153. The highest BCUT2D eigenvalue weighted by molar-refractivity contribution is 7.26. The van der Waals surface area contributed by atoms with Crippen LogP contribution in [0.5, 0.6) is 0 Å². The molecule has 3 atom stereocenters. The first-order valence-electron chi connectivity index (χ1n) is 21.6. The molecule has 61 heavy (non-hydrogen) atoms. The molecule has 2 aliphatic rings. The van der Waals surface area contributed by atoms with Gasteiger partial charge in [-0.15, -0.1) is 17.9 Å². The molecule has 6 heteroatoms. The number of pyridine rings is 1. The lowest BCUT2D eigenvalue weighted by Gasteiger charge is -2.34. The predicted octanol–water partition coefficient (Wildman–Crippen LogP) is 13.4. The highest BCUT2D eigenvalue weighted by atomic mass is 32.1. The van der Waals surface area contributed by atoms with Crippen molar-refractivity contribution in [1.82, 2.24) is 4.57 Å². The van der Waals surface area contributed by atoms with Crippen LogP contribution in [0.25, 0.3) is 70.7 Å². The number of nitrogens with zero attached hydrogens (tertiary/aromatic N) is 3. The fourth-order valence-corrected chi connectivity index (χ4v) is 12.9. The molecule has 0 spiro atoms. The van der Waals surface area contributed by atoms with Gasteiger partial charge in [0.2, 0.25) is 5.69 Å². The maximum Gasteiger partial charge on any atom is 0.297 e. The molecule has 5 heterocycles. The number of halogens is 1. The Morgan fingerprint density at radius 3 is 2.26 bits per heavy atom. The van der Waals surface area contributed by atoms with E-state index in [0.29, 0.717) is 0 Å². The summed E-state index contributed by atoms with van der Waals surface area (Å²) in [5, 5.41) is 3.92. The second-order valence-corrected chi connectivity index (χ2v) is 25.2. The van der Waals surface area contributed by atoms with Gasteiger partial charge < -0.3 is 0 Å². The smallest absolute Gasteiger partial charge is 0.214 e. The lowest BCUT2D eigenvalue weighted by atomic mass is 9.75. The molecule has 0 N–H and O–H groups in total. The maximum atomic E-state index is 14.3. The van der Waals surface area contributed by atoms with Crippen LogP contribution in [0.1, 0.15) is 61.9 Å². The van der Waals surface area contributed by atoms with Crippen LogP contribution < -0.4 is 14.3 Å². The summed E-state index contributed by atoms with van der Waals surface area (Å²) >= 11 is 1.88. The minimum Gasteiger partial charge on any atom is -0.214 e. The summed E-state index contributed by atoms with van der Waals surface area (Å²) in [5.74, 6) is 1.09. The number of thiophene rings is 1. The third-order valence-corrected chi connectivity index (χ3v) is 16.7. The Kier molecular flexibility index (Phi) is 8.59. The molecule has 9 aromatic rings. The Hall–Kier alpha value is -5.95. The first-order valence-corrected chi connectivity index (χ1v) is 25.9. The van der Waals surface area contributed by atoms with Crippen molar-refractivity contribution in [2.24, 2.45) is 0 Å². The molecule has 0 radical (unpaired) electrons. The van der Waals surface area contributed by atoms with E-state index in [1.165, 1.54) is 75.7 Å². The Morgan fingerprint density at radius 1 is 0.770 bits per heavy atom. The summed E-state index contributed by atoms with van der Waals surface area (Å²) in [5.41, 5.74) is 13.7. The zero-order chi connectivity index (χ0) is 41.9. The van der Waals surface area contributed by atoms with Gasteiger partial charge in [0, 0.05) is 38.7 Å². The van der Waals surface area contributed by atoms with Crippen LogP contribution in [0.2, 0.25) is 19.6 Å². The quantitative estimate of drug-likeness (QED) is 0.0899. The van der Waals surface area contributed by atoms with Crippen LogP contribution in [0.4, 0.5) is 4.39 Å². The van der Waals surface area contributed by atoms with E-state index < -0.39 is 8.07 Å². The molecule has 3 aromatic heterocycles. The number of benzene rings is 6. The molecule has 0 amide bonds. The Labute approximate surface area is 362 Å². The molecule has 6 aromatic carbocycles. The van der Waals surface area contributed by atoms with Gasteiger partial charge in [-0.2, -0.15) is 9.13 Å². The van der Waals surface area contributed by atoms with Gasteiger partial charge >= 0.3 is 0 Å². The lowest BCUT2D eigenvalue weighted by molar-refractivity contribution is -0.738. The van der Waals surface area contributed by atoms with E-state index in [1.54, 1.807) is 12.1 Å². The first-order chi connectivity index (χ1) is 29.4. The van der Waals surface area contributed by atoms with Crippen LogP contribution in [-0.4, -0.2) is 12.6 Å². The molecule has 0 saturated heterocycles. The second kappa shape index (κ2) is 13.8. The van der Waals surface area contributed by atoms with Crippen LogP contribution in [0.15, 0.2) is 158 Å². The molecular weight excluding hydrogens is 782 g/mol. The fourth-order valence-electron chi connectivity index (χ4n) is 10.5. The Balaban J connectivity index is 1.26. The maximum absolute atomic E-state index is 14.3. The van der Waals surface area contributed by atoms with Crippen LogP contribution in [0, 0.1) is 5.82 Å². The van der Waals surface area contributed by atoms with Crippen LogP contribution in [0.3, 0.4) is 0 Å². The standard InChI is InChI=1S/C55H50FN3SSi/c1-8-14-47-50(41-16-10-9-15-40(41)44-32-29-38(33-57(44)47)61(5,6)7)52-42-30-31-43-49-39(34-21-25-36(56)26-22-34)17-13-20-48(49)60-53(43)51(42)54-58(45-18-11-12-19-46(45)59(52)54)37-27-23-35(24-28-37)55(2,3)4/h8-13,15-33,47,50,52H,1,14H2,2-7H3/q+2. The van der Waals surface area contributed by atoms with Crippen molar-refractivity contribution in [3.05, 3.63) is 181 Å². The van der Waals surface area contributed by atoms with Crippen molar-refractivity contribution in [2.45, 2.75) is 70.2 Å². The summed E-state index contributed by atoms with van der Waals surface area (Å²) in [6.07, 6.45) is 5.47. The van der Waals surface area contributed by atoms with Crippen molar-refractivity contribution < 1.29 is 13.5 Å². The van der Waals surface area contributed by atoms with Gasteiger partial charge in [0.15, 0.2) is 23.3 Å². The molecule has 2 aliphatic heterocycles. The van der Waals surface area contributed by atoms with Crippen LogP contribution in [-0.2, 0) is 5.41 Å². The van der Waals surface area contributed by atoms with E-state index in [1.807, 2.05) is 23.5 Å². The number of imidazole rings is 1. The topological polar surface area (TPSA) is 12.7 Å². The van der Waals surface area contributed by atoms with Gasteiger partial charge in [-0.1, -0.05) is 131 Å². The molecule has 300 valence electrons. The number of fused-ring (bicyclic) bond motifs is 12. The fraction of sp³-hybridized carbons (Fsp3) is 0.200. The highest BCUT2D eigenvalue weighted by Gasteiger charge is 2.53. The van der Waals surface area contributed by atoms with E-state index in [2.05, 4.69) is 188 Å². The van der Waals surface area contributed by atoms with Crippen LogP contribution >= 0.6 is 11.3 Å². The van der Waals surface area contributed by atoms with Crippen molar-refractivity contribution >= 4 is 55.8 Å². The summed E-state index contributed by atoms with van der Waals surface area (Å²) in [6, 6.07) is 50.7. The number of para-hydroxylation sites is 2. The minimum atomic E-state index is -1.64. The van der Waals surface area contributed by atoms with E-state index in [4.69, 9.17) is 0 Å². The van der Waals surface area contributed by atoms with E-state index in [-0.39, 0.29) is 29.2 Å². The monoisotopic (exact) mass is 831 g/mol. The SMILES string of the molecule is C=CCC1C(C2c3ccc4c(sc5cccc(-c6ccc(F)cc6)c54)c3-c3n(-c4ccc(C(C)(C)C)cc4)c4ccccc4[n+]32)c2ccccc2-c2ccc([Si](C)(C)C)c[n+]21. The summed E-state index contributed by atoms with van der Waals surface area (Å²) in [4.78, 5) is 0. The molecule has 0 saturated carbocycles. The normalized spacial score (nSPS) is 17.1. The summed E-state index contributed by atoms with van der Waals surface area (Å²) in [6.45, 7) is 18.6. The van der Waals surface area contributed by atoms with Gasteiger partial charge in [0.25, 0.3) is 5.82 Å². The molecule has 3 unspecified atom stereocenters. The van der Waals surface area contributed by atoms with Crippen molar-refractivity contribution in [3.8, 4) is 39.5 Å². The van der Waals surface area contributed by atoms with Gasteiger partial charge in [0.05, 0.1) is 29.8 Å². The molecule has 0 fully saturated rings. The van der Waals surface area contributed by atoms with Gasteiger partial charge in [-0.05, 0) is 76.2 Å². The summed E-state index contributed by atoms with van der Waals surface area (Å²) in [7, 11) is -1.64. The average molecular weight is 832 g/mol. The lowest BCUT2D eigenvalue weighted by Crippen LogP contribution is -2.55. The van der Waals surface area contributed by atoms with Gasteiger partial charge in [-0.25, -0.2) is 8.96 Å². The van der Waals surface area contributed by atoms with Gasteiger partial charge in [-0.3, -0.25) is 0 Å². The largest absolute Gasteiger partial charge is 0.297 e. The Bertz CT molecular complexity index is 3230. The Morgan fingerprint density at radius 2 is 1.51 bits per heavy atom. The highest BCUT2D eigenvalue weighted by Crippen LogP contribution is 2.55. The van der Waals surface area contributed by atoms with E-state index >= 15 is 0 Å². The number of hydrogen-bond donors (Lipinski definition) is 0. The number of hydrogen-bond acceptors (Lipinski definition) is 1. The molecule has 3 nitrogen and oxygen atoms in total. The molecule has 0 bridgehead atoms.